The molecule has 0 radical (unpaired) electrons. The Kier molecular flexibility index (Phi) is 6.18. The van der Waals surface area contributed by atoms with Crippen molar-refractivity contribution in [1.82, 2.24) is 19.6 Å². The molecular formula is C23H18Cl2F4N6. The molecule has 0 spiro atoms. The van der Waals surface area contributed by atoms with Gasteiger partial charge in [0.1, 0.15) is 11.5 Å². The van der Waals surface area contributed by atoms with Crippen LogP contribution in [0.25, 0.3) is 16.8 Å². The van der Waals surface area contributed by atoms with Crippen molar-refractivity contribution in [2.45, 2.75) is 25.1 Å². The van der Waals surface area contributed by atoms with Gasteiger partial charge in [0.2, 0.25) is 5.95 Å². The van der Waals surface area contributed by atoms with Gasteiger partial charge < -0.3 is 10.2 Å². The summed E-state index contributed by atoms with van der Waals surface area (Å²) in [4.78, 5) is 9.91. The third-order valence-electron chi connectivity index (χ3n) is 5.85. The maximum Gasteiger partial charge on any atom is 0.433 e. The van der Waals surface area contributed by atoms with Crippen LogP contribution in [0.1, 0.15) is 18.5 Å². The van der Waals surface area contributed by atoms with Gasteiger partial charge in [0.25, 0.3) is 0 Å². The van der Waals surface area contributed by atoms with Gasteiger partial charge in [-0.2, -0.15) is 18.2 Å². The van der Waals surface area contributed by atoms with Gasteiger partial charge in [-0.15, -0.1) is 5.10 Å². The highest BCUT2D eigenvalue weighted by molar-refractivity contribution is 6.34. The summed E-state index contributed by atoms with van der Waals surface area (Å²) in [5.74, 6) is -0.0678. The van der Waals surface area contributed by atoms with Gasteiger partial charge >= 0.3 is 6.18 Å². The minimum atomic E-state index is -4.48. The van der Waals surface area contributed by atoms with E-state index >= 15 is 0 Å². The van der Waals surface area contributed by atoms with Gasteiger partial charge in [0.05, 0.1) is 10.0 Å². The Bertz CT molecular complexity index is 1380. The summed E-state index contributed by atoms with van der Waals surface area (Å²) in [7, 11) is 0. The Hall–Kier alpha value is -3.11. The molecule has 1 aliphatic rings. The number of hydrogen-bond donors (Lipinski definition) is 1. The molecular weight excluding hydrogens is 507 g/mol. The first-order chi connectivity index (χ1) is 16.7. The van der Waals surface area contributed by atoms with Crippen molar-refractivity contribution >= 4 is 40.5 Å². The van der Waals surface area contributed by atoms with Crippen LogP contribution in [-0.4, -0.2) is 38.7 Å². The predicted octanol–water partition coefficient (Wildman–Crippen LogP) is 6.34. The van der Waals surface area contributed by atoms with E-state index in [1.165, 1.54) is 22.8 Å². The second-order valence-electron chi connectivity index (χ2n) is 8.20. The second-order valence-corrected chi connectivity index (χ2v) is 9.05. The summed E-state index contributed by atoms with van der Waals surface area (Å²) in [5, 5.41) is 8.40. The first kappa shape index (κ1) is 23.6. The fourth-order valence-corrected chi connectivity index (χ4v) is 4.63. The van der Waals surface area contributed by atoms with Crippen molar-refractivity contribution in [1.29, 1.82) is 0 Å². The van der Waals surface area contributed by atoms with Gasteiger partial charge in [0.15, 0.2) is 5.65 Å². The SMILES string of the molecule is Fc1ccc(-c2cc(Cl)cn3nc(NC4CCN(c5ccnc(C(F)(F)F)c5)CC4)nc23)c(Cl)c1. The number of piperidine rings is 1. The van der Waals surface area contributed by atoms with Crippen LogP contribution in [0.5, 0.6) is 0 Å². The van der Waals surface area contributed by atoms with Crippen molar-refractivity contribution in [3.8, 4) is 11.1 Å². The van der Waals surface area contributed by atoms with Crippen molar-refractivity contribution in [2.24, 2.45) is 0 Å². The average Bonchev–Trinajstić information content (AvgIpc) is 3.21. The average molecular weight is 525 g/mol. The Morgan fingerprint density at radius 3 is 2.49 bits per heavy atom. The maximum atomic E-state index is 13.5. The zero-order valence-electron chi connectivity index (χ0n) is 18.0. The first-order valence-corrected chi connectivity index (χ1v) is 11.5. The second kappa shape index (κ2) is 9.16. The van der Waals surface area contributed by atoms with Gasteiger partial charge in [0, 0.05) is 48.3 Å². The summed E-state index contributed by atoms with van der Waals surface area (Å²) in [6.45, 7) is 1.13. The van der Waals surface area contributed by atoms with E-state index in [9.17, 15) is 17.6 Å². The van der Waals surface area contributed by atoms with Gasteiger partial charge in [-0.05, 0) is 49.2 Å². The van der Waals surface area contributed by atoms with E-state index in [4.69, 9.17) is 23.2 Å². The van der Waals surface area contributed by atoms with Crippen LogP contribution in [0.15, 0.2) is 48.8 Å². The molecule has 3 aromatic heterocycles. The molecule has 4 aromatic rings. The van der Waals surface area contributed by atoms with Gasteiger partial charge in [-0.1, -0.05) is 23.2 Å². The minimum absolute atomic E-state index is 0.0286. The number of pyridine rings is 2. The lowest BCUT2D eigenvalue weighted by Crippen LogP contribution is -2.39. The molecule has 1 N–H and O–H groups in total. The molecule has 0 saturated carbocycles. The third kappa shape index (κ3) is 4.99. The van der Waals surface area contributed by atoms with Crippen molar-refractivity contribution in [3.05, 3.63) is 70.3 Å². The zero-order valence-corrected chi connectivity index (χ0v) is 19.5. The maximum absolute atomic E-state index is 13.5. The van der Waals surface area contributed by atoms with Gasteiger partial charge in [-0.25, -0.2) is 8.91 Å². The summed E-state index contributed by atoms with van der Waals surface area (Å²) in [5.41, 5.74) is 1.27. The summed E-state index contributed by atoms with van der Waals surface area (Å²) < 4.78 is 54.0. The number of fused-ring (bicyclic) bond motifs is 1. The molecule has 6 nitrogen and oxygen atoms in total. The summed E-state index contributed by atoms with van der Waals surface area (Å²) in [6.07, 6.45) is -0.336. The van der Waals surface area contributed by atoms with E-state index in [2.05, 4.69) is 20.4 Å². The van der Waals surface area contributed by atoms with E-state index in [0.29, 0.717) is 59.4 Å². The predicted molar refractivity (Wildman–Crippen MR) is 126 cm³/mol. The standard InChI is InChI=1S/C23H18Cl2F4N6/c24-13-9-18(17-2-1-14(26)10-19(17)25)21-32-22(33-35(21)12-13)31-15-4-7-34(8-5-15)16-3-6-30-20(11-16)23(27,28)29/h1-3,6,9-12,15H,4-5,7-8H2,(H,31,33). The van der Waals surface area contributed by atoms with E-state index in [1.54, 1.807) is 24.4 Å². The van der Waals surface area contributed by atoms with Crippen LogP contribution in [0.4, 0.5) is 29.2 Å². The molecule has 1 saturated heterocycles. The lowest BCUT2D eigenvalue weighted by Gasteiger charge is -2.33. The van der Waals surface area contributed by atoms with E-state index < -0.39 is 17.7 Å². The van der Waals surface area contributed by atoms with E-state index in [1.807, 2.05) is 4.90 Å². The molecule has 182 valence electrons. The molecule has 0 amide bonds. The lowest BCUT2D eigenvalue weighted by atomic mass is 10.0. The Morgan fingerprint density at radius 1 is 1.00 bits per heavy atom. The topological polar surface area (TPSA) is 58.4 Å². The van der Waals surface area contributed by atoms with Crippen LogP contribution in [-0.2, 0) is 6.18 Å². The highest BCUT2D eigenvalue weighted by Crippen LogP contribution is 2.34. The van der Waals surface area contributed by atoms with Crippen LogP contribution in [0.2, 0.25) is 10.0 Å². The number of nitrogens with one attached hydrogen (secondary N) is 1. The van der Waals surface area contributed by atoms with Crippen LogP contribution in [0, 0.1) is 5.82 Å². The molecule has 1 aromatic carbocycles. The molecule has 1 fully saturated rings. The Labute approximate surface area is 207 Å². The molecule has 0 unspecified atom stereocenters. The largest absolute Gasteiger partial charge is 0.433 e. The monoisotopic (exact) mass is 524 g/mol. The molecule has 1 aliphatic heterocycles. The Balaban J connectivity index is 1.32. The fraction of sp³-hybridized carbons (Fsp3) is 0.261. The minimum Gasteiger partial charge on any atom is -0.371 e. The quantitative estimate of drug-likeness (QED) is 0.316. The number of anilines is 2. The molecule has 5 rings (SSSR count). The number of aromatic nitrogens is 4. The van der Waals surface area contributed by atoms with Crippen molar-refractivity contribution in [2.75, 3.05) is 23.3 Å². The summed E-state index contributed by atoms with van der Waals surface area (Å²) >= 11 is 12.5. The van der Waals surface area contributed by atoms with Crippen LogP contribution in [0.3, 0.4) is 0 Å². The Morgan fingerprint density at radius 2 is 1.77 bits per heavy atom. The van der Waals surface area contributed by atoms with Crippen molar-refractivity contribution < 1.29 is 17.6 Å². The highest BCUT2D eigenvalue weighted by atomic mass is 35.5. The summed E-state index contributed by atoms with van der Waals surface area (Å²) in [6, 6.07) is 8.46. The molecule has 12 heteroatoms. The molecule has 4 heterocycles. The molecule has 0 bridgehead atoms. The third-order valence-corrected chi connectivity index (χ3v) is 6.37. The number of benzene rings is 1. The molecule has 0 atom stereocenters. The number of hydrogen-bond acceptors (Lipinski definition) is 5. The number of rotatable bonds is 4. The normalized spacial score (nSPS) is 15.1. The van der Waals surface area contributed by atoms with Crippen molar-refractivity contribution in [3.63, 3.8) is 0 Å². The number of halogens is 6. The van der Waals surface area contributed by atoms with E-state index in [0.717, 1.165) is 6.07 Å². The zero-order chi connectivity index (χ0) is 24.7. The fourth-order valence-electron chi connectivity index (χ4n) is 4.16. The van der Waals surface area contributed by atoms with Crippen LogP contribution < -0.4 is 10.2 Å². The number of alkyl halides is 3. The molecule has 35 heavy (non-hydrogen) atoms. The highest BCUT2D eigenvalue weighted by Gasteiger charge is 2.33. The van der Waals surface area contributed by atoms with Gasteiger partial charge in [-0.3, -0.25) is 4.98 Å². The van der Waals surface area contributed by atoms with E-state index in [-0.39, 0.29) is 11.1 Å². The molecule has 0 aliphatic carbocycles. The smallest absolute Gasteiger partial charge is 0.371 e. The lowest BCUT2D eigenvalue weighted by molar-refractivity contribution is -0.141. The number of nitrogens with zero attached hydrogens (tertiary/aromatic N) is 5. The van der Waals surface area contributed by atoms with Crippen LogP contribution >= 0.6 is 23.2 Å². The first-order valence-electron chi connectivity index (χ1n) is 10.7.